The van der Waals surface area contributed by atoms with Crippen LogP contribution in [-0.2, 0) is 4.74 Å². The normalized spacial score (nSPS) is 11.1. The molecule has 2 heterocycles. The molecule has 0 bridgehead atoms. The number of hydrogen-bond donors (Lipinski definition) is 4. The fraction of sp³-hybridized carbons (Fsp3) is 0.333. The van der Waals surface area contributed by atoms with Crippen LogP contribution in [0.1, 0.15) is 42.4 Å². The number of anilines is 1. The molecular weight excluding hydrogens is 400 g/mol. The zero-order valence-electron chi connectivity index (χ0n) is 17.7. The number of hydrogen-bond acceptors (Lipinski definition) is 8. The summed E-state index contributed by atoms with van der Waals surface area (Å²) in [5, 5.41) is 31.8. The summed E-state index contributed by atoms with van der Waals surface area (Å²) in [4.78, 5) is 16.3. The van der Waals surface area contributed by atoms with Gasteiger partial charge in [0.15, 0.2) is 5.82 Å². The summed E-state index contributed by atoms with van der Waals surface area (Å²) in [7, 11) is 1.65. The number of nitrogens with two attached hydrogens (primary N) is 1. The summed E-state index contributed by atoms with van der Waals surface area (Å²) in [5.41, 5.74) is 6.92. The highest BCUT2D eigenvalue weighted by molar-refractivity contribution is 5.90. The first-order valence-electron chi connectivity index (χ1n) is 9.84. The Bertz CT molecular complexity index is 1060. The number of benzene rings is 1. The predicted molar refractivity (Wildman–Crippen MR) is 116 cm³/mol. The standard InChI is InChI=1S/C21H26N6O4/c1-12(2)14-9-15(17(29)10-16(14)28)20-25-26-21(19(22)30)27(20)13-5-6-18(24-11-13)23-7-4-8-31-3/h5-6,9-12,28-29H,4,7-8H2,1-3H3,(H2,22,30)(H,23,24). The van der Waals surface area contributed by atoms with Crippen LogP contribution in [0.25, 0.3) is 17.1 Å². The lowest BCUT2D eigenvalue weighted by Gasteiger charge is -2.14. The van der Waals surface area contributed by atoms with Gasteiger partial charge in [0.1, 0.15) is 17.3 Å². The number of carbonyl (C=O) groups excluding carboxylic acids is 1. The predicted octanol–water partition coefficient (Wildman–Crippen LogP) is 2.41. The largest absolute Gasteiger partial charge is 0.508 e. The maximum atomic E-state index is 12.0. The minimum Gasteiger partial charge on any atom is -0.508 e. The maximum absolute atomic E-state index is 12.0. The molecule has 2 aromatic heterocycles. The van der Waals surface area contributed by atoms with Crippen LogP contribution in [-0.4, -0.2) is 56.1 Å². The third kappa shape index (κ3) is 4.75. The summed E-state index contributed by atoms with van der Waals surface area (Å²) in [6.45, 7) is 5.17. The average molecular weight is 426 g/mol. The monoisotopic (exact) mass is 426 g/mol. The van der Waals surface area contributed by atoms with Gasteiger partial charge in [-0.1, -0.05) is 13.8 Å². The molecule has 10 heteroatoms. The average Bonchev–Trinajstić information content (AvgIpc) is 3.16. The number of primary amides is 1. The highest BCUT2D eigenvalue weighted by Gasteiger charge is 2.23. The molecule has 0 spiro atoms. The number of methoxy groups -OCH3 is 1. The van der Waals surface area contributed by atoms with Crippen molar-refractivity contribution >= 4 is 11.7 Å². The van der Waals surface area contributed by atoms with Crippen LogP contribution >= 0.6 is 0 Å². The number of amides is 1. The summed E-state index contributed by atoms with van der Waals surface area (Å²) in [6, 6.07) is 6.37. The van der Waals surface area contributed by atoms with Crippen LogP contribution < -0.4 is 11.1 Å². The molecule has 1 aromatic carbocycles. The van der Waals surface area contributed by atoms with E-state index >= 15 is 0 Å². The van der Waals surface area contributed by atoms with Gasteiger partial charge in [0.05, 0.1) is 17.4 Å². The molecule has 0 unspecified atom stereocenters. The van der Waals surface area contributed by atoms with E-state index in [4.69, 9.17) is 10.5 Å². The van der Waals surface area contributed by atoms with Gasteiger partial charge < -0.3 is 26.0 Å². The van der Waals surface area contributed by atoms with Gasteiger partial charge >= 0.3 is 0 Å². The molecule has 0 aliphatic carbocycles. The first kappa shape index (κ1) is 22.0. The first-order valence-corrected chi connectivity index (χ1v) is 9.84. The minimum atomic E-state index is -0.775. The Morgan fingerprint density at radius 2 is 2.00 bits per heavy atom. The van der Waals surface area contributed by atoms with Crippen molar-refractivity contribution in [1.82, 2.24) is 19.7 Å². The molecule has 0 saturated heterocycles. The van der Waals surface area contributed by atoms with Crippen LogP contribution in [0.4, 0.5) is 5.82 Å². The maximum Gasteiger partial charge on any atom is 0.287 e. The highest BCUT2D eigenvalue weighted by Crippen LogP contribution is 2.38. The van der Waals surface area contributed by atoms with Gasteiger partial charge in [-0.05, 0) is 36.1 Å². The minimum absolute atomic E-state index is 0.00327. The van der Waals surface area contributed by atoms with Crippen molar-refractivity contribution in [3.8, 4) is 28.6 Å². The number of carbonyl (C=O) groups is 1. The molecule has 0 radical (unpaired) electrons. The number of ether oxygens (including phenoxy) is 1. The van der Waals surface area contributed by atoms with E-state index in [9.17, 15) is 15.0 Å². The van der Waals surface area contributed by atoms with E-state index in [2.05, 4.69) is 20.5 Å². The summed E-state index contributed by atoms with van der Waals surface area (Å²) in [5.74, 6) is -0.241. The molecule has 10 nitrogen and oxygen atoms in total. The third-order valence-corrected chi connectivity index (χ3v) is 4.73. The first-order chi connectivity index (χ1) is 14.8. The summed E-state index contributed by atoms with van der Waals surface area (Å²) >= 11 is 0. The number of pyridine rings is 1. The van der Waals surface area contributed by atoms with Crippen molar-refractivity contribution in [1.29, 1.82) is 0 Å². The van der Waals surface area contributed by atoms with E-state index in [0.29, 0.717) is 35.8 Å². The van der Waals surface area contributed by atoms with Crippen LogP contribution in [0.15, 0.2) is 30.5 Å². The topological polar surface area (TPSA) is 148 Å². The van der Waals surface area contributed by atoms with Gasteiger partial charge in [-0.3, -0.25) is 9.36 Å². The molecule has 3 rings (SSSR count). The fourth-order valence-electron chi connectivity index (χ4n) is 3.15. The van der Waals surface area contributed by atoms with Crippen LogP contribution in [0.2, 0.25) is 0 Å². The number of aromatic nitrogens is 4. The number of aromatic hydroxyl groups is 2. The molecule has 0 fully saturated rings. The second kappa shape index (κ2) is 9.43. The molecular formula is C21H26N6O4. The summed E-state index contributed by atoms with van der Waals surface area (Å²) < 4.78 is 6.45. The molecule has 164 valence electrons. The Hall–Kier alpha value is -3.66. The number of nitrogens with zero attached hydrogens (tertiary/aromatic N) is 4. The van der Waals surface area contributed by atoms with Crippen molar-refractivity contribution in [3.63, 3.8) is 0 Å². The Labute approximate surface area is 179 Å². The van der Waals surface area contributed by atoms with E-state index in [0.717, 1.165) is 6.42 Å². The highest BCUT2D eigenvalue weighted by atomic mass is 16.5. The molecule has 1 amide bonds. The van der Waals surface area contributed by atoms with Crippen molar-refractivity contribution in [2.45, 2.75) is 26.2 Å². The van der Waals surface area contributed by atoms with Crippen LogP contribution in [0.5, 0.6) is 11.5 Å². The molecule has 0 aliphatic rings. The molecule has 31 heavy (non-hydrogen) atoms. The van der Waals surface area contributed by atoms with Crippen LogP contribution in [0.3, 0.4) is 0 Å². The zero-order valence-corrected chi connectivity index (χ0v) is 17.7. The lowest BCUT2D eigenvalue weighted by atomic mass is 9.98. The molecule has 0 saturated carbocycles. The number of phenols is 2. The Kier molecular flexibility index (Phi) is 6.71. The van der Waals surface area contributed by atoms with Crippen LogP contribution in [0, 0.1) is 0 Å². The van der Waals surface area contributed by atoms with Crippen molar-refractivity contribution in [2.75, 3.05) is 25.6 Å². The van der Waals surface area contributed by atoms with E-state index in [-0.39, 0.29) is 29.1 Å². The fourth-order valence-corrected chi connectivity index (χ4v) is 3.15. The third-order valence-electron chi connectivity index (χ3n) is 4.73. The lowest BCUT2D eigenvalue weighted by molar-refractivity contribution is 0.0988. The lowest BCUT2D eigenvalue weighted by Crippen LogP contribution is -2.18. The second-order valence-corrected chi connectivity index (χ2v) is 7.30. The van der Waals surface area contributed by atoms with Gasteiger partial charge in [-0.2, -0.15) is 0 Å². The molecule has 5 N–H and O–H groups in total. The van der Waals surface area contributed by atoms with E-state index < -0.39 is 5.91 Å². The van der Waals surface area contributed by atoms with Gasteiger partial charge in [0, 0.05) is 26.3 Å². The molecule has 3 aromatic rings. The van der Waals surface area contributed by atoms with Crippen molar-refractivity contribution in [3.05, 3.63) is 41.9 Å². The van der Waals surface area contributed by atoms with Gasteiger partial charge in [0.25, 0.3) is 5.91 Å². The number of rotatable bonds is 9. The quantitative estimate of drug-likeness (QED) is 0.381. The summed E-state index contributed by atoms with van der Waals surface area (Å²) in [6.07, 6.45) is 2.39. The van der Waals surface area contributed by atoms with Gasteiger partial charge in [-0.25, -0.2) is 4.98 Å². The van der Waals surface area contributed by atoms with Gasteiger partial charge in [-0.15, -0.1) is 10.2 Å². The Morgan fingerprint density at radius 3 is 2.61 bits per heavy atom. The Balaban J connectivity index is 2.03. The van der Waals surface area contributed by atoms with E-state index in [1.807, 2.05) is 13.8 Å². The van der Waals surface area contributed by atoms with Crippen molar-refractivity contribution < 1.29 is 19.7 Å². The molecule has 0 aliphatic heterocycles. The zero-order chi connectivity index (χ0) is 22.5. The van der Waals surface area contributed by atoms with Gasteiger partial charge in [0.2, 0.25) is 5.82 Å². The SMILES string of the molecule is COCCCNc1ccc(-n2c(C(N)=O)nnc2-c2cc(C(C)C)c(O)cc2O)cn1. The van der Waals surface area contributed by atoms with E-state index in [1.54, 1.807) is 31.5 Å². The van der Waals surface area contributed by atoms with E-state index in [1.165, 1.54) is 10.6 Å². The number of nitrogens with one attached hydrogen (secondary N) is 1. The smallest absolute Gasteiger partial charge is 0.287 e. The Morgan fingerprint density at radius 1 is 1.23 bits per heavy atom. The second-order valence-electron chi connectivity index (χ2n) is 7.30. The van der Waals surface area contributed by atoms with Crippen molar-refractivity contribution in [2.24, 2.45) is 5.73 Å². The number of phenolic OH excluding ortho intramolecular Hbond substituents is 2. The molecule has 0 atom stereocenters.